The molecule has 0 aliphatic heterocycles. The average molecular weight is 281 g/mol. The van der Waals surface area contributed by atoms with E-state index in [0.717, 1.165) is 34.1 Å². The second kappa shape index (κ2) is 5.40. The summed E-state index contributed by atoms with van der Waals surface area (Å²) in [6.07, 6.45) is 0.838. The van der Waals surface area contributed by atoms with Crippen LogP contribution < -0.4 is 4.74 Å². The van der Waals surface area contributed by atoms with Crippen molar-refractivity contribution in [2.45, 2.75) is 20.5 Å². The zero-order chi connectivity index (χ0) is 14.8. The maximum absolute atomic E-state index is 11.4. The van der Waals surface area contributed by atoms with Crippen molar-refractivity contribution in [3.05, 3.63) is 59.0 Å². The number of hydrogen-bond donors (Lipinski definition) is 0. The lowest BCUT2D eigenvalue weighted by atomic mass is 10.0. The summed E-state index contributed by atoms with van der Waals surface area (Å²) in [5.41, 5.74) is 2.29. The van der Waals surface area contributed by atoms with Gasteiger partial charge in [-0.25, -0.2) is 0 Å². The summed E-state index contributed by atoms with van der Waals surface area (Å²) in [5, 5.41) is 5.81. The minimum absolute atomic E-state index is 0.334. The van der Waals surface area contributed by atoms with Gasteiger partial charge in [0, 0.05) is 0 Å². The summed E-state index contributed by atoms with van der Waals surface area (Å²) >= 11 is 0. The number of aryl methyl sites for hydroxylation is 2. The lowest BCUT2D eigenvalue weighted by molar-refractivity contribution is 0.112. The first-order valence-electron chi connectivity index (χ1n) is 6.72. The van der Waals surface area contributed by atoms with Gasteiger partial charge >= 0.3 is 0 Å². The first-order valence-corrected chi connectivity index (χ1v) is 6.72. The Hall–Kier alpha value is -2.62. The van der Waals surface area contributed by atoms with Gasteiger partial charge in [0.05, 0.1) is 16.8 Å². The van der Waals surface area contributed by atoms with Crippen LogP contribution in [0.4, 0.5) is 0 Å². The van der Waals surface area contributed by atoms with E-state index in [1.54, 1.807) is 0 Å². The number of rotatable bonds is 4. The van der Waals surface area contributed by atoms with Crippen molar-refractivity contribution in [1.29, 1.82) is 0 Å². The van der Waals surface area contributed by atoms with Gasteiger partial charge in [-0.1, -0.05) is 35.5 Å². The zero-order valence-electron chi connectivity index (χ0n) is 11.9. The predicted molar refractivity (Wildman–Crippen MR) is 79.6 cm³/mol. The number of ether oxygens (including phenoxy) is 1. The second-order valence-corrected chi connectivity index (χ2v) is 4.91. The molecule has 106 valence electrons. The Balaban J connectivity index is 1.96. The molecule has 1 heterocycles. The molecule has 4 nitrogen and oxygen atoms in total. The van der Waals surface area contributed by atoms with Crippen LogP contribution in [-0.2, 0) is 6.61 Å². The highest BCUT2D eigenvalue weighted by atomic mass is 16.5. The highest BCUT2D eigenvalue weighted by Gasteiger charge is 2.12. The van der Waals surface area contributed by atoms with E-state index >= 15 is 0 Å². The first kappa shape index (κ1) is 13.4. The predicted octanol–water partition coefficient (Wildman–Crippen LogP) is 3.84. The Morgan fingerprint density at radius 3 is 2.71 bits per heavy atom. The van der Waals surface area contributed by atoms with Crippen molar-refractivity contribution < 1.29 is 14.1 Å². The van der Waals surface area contributed by atoms with Gasteiger partial charge in [-0.05, 0) is 30.7 Å². The summed E-state index contributed by atoms with van der Waals surface area (Å²) in [5.74, 6) is 1.31. The summed E-state index contributed by atoms with van der Waals surface area (Å²) in [6, 6.07) is 11.5. The summed E-state index contributed by atoms with van der Waals surface area (Å²) in [6.45, 7) is 4.05. The number of benzene rings is 2. The van der Waals surface area contributed by atoms with Gasteiger partial charge in [-0.3, -0.25) is 4.79 Å². The monoisotopic (exact) mass is 281 g/mol. The normalized spacial score (nSPS) is 10.8. The fourth-order valence-electron chi connectivity index (χ4n) is 2.38. The van der Waals surface area contributed by atoms with Gasteiger partial charge in [0.1, 0.15) is 18.1 Å². The molecule has 0 fully saturated rings. The average Bonchev–Trinajstić information content (AvgIpc) is 2.83. The number of aldehydes is 1. The maximum atomic E-state index is 11.4. The summed E-state index contributed by atoms with van der Waals surface area (Å²) < 4.78 is 10.9. The van der Waals surface area contributed by atoms with E-state index in [-0.39, 0.29) is 0 Å². The molecule has 0 unspecified atom stereocenters. The SMILES string of the molecule is Cc1noc(C)c1COc1ccc2ccccc2c1C=O. The van der Waals surface area contributed by atoms with Crippen LogP contribution in [0.2, 0.25) is 0 Å². The van der Waals surface area contributed by atoms with Gasteiger partial charge in [0.25, 0.3) is 0 Å². The van der Waals surface area contributed by atoms with Gasteiger partial charge in [-0.2, -0.15) is 0 Å². The molecule has 3 aromatic rings. The van der Waals surface area contributed by atoms with Crippen LogP contribution in [-0.4, -0.2) is 11.4 Å². The molecule has 0 spiro atoms. The van der Waals surface area contributed by atoms with Crippen LogP contribution in [0.25, 0.3) is 10.8 Å². The lowest BCUT2D eigenvalue weighted by Crippen LogP contribution is -2.00. The third-order valence-electron chi connectivity index (χ3n) is 3.60. The van der Waals surface area contributed by atoms with E-state index in [9.17, 15) is 4.79 Å². The molecule has 0 saturated carbocycles. The van der Waals surface area contributed by atoms with Gasteiger partial charge in [-0.15, -0.1) is 0 Å². The molecular weight excluding hydrogens is 266 g/mol. The second-order valence-electron chi connectivity index (χ2n) is 4.91. The molecular formula is C17H15NO3. The minimum atomic E-state index is 0.334. The number of nitrogens with zero attached hydrogens (tertiary/aromatic N) is 1. The zero-order valence-corrected chi connectivity index (χ0v) is 11.9. The number of hydrogen-bond acceptors (Lipinski definition) is 4. The van der Waals surface area contributed by atoms with E-state index < -0.39 is 0 Å². The van der Waals surface area contributed by atoms with Crippen LogP contribution in [0.15, 0.2) is 40.9 Å². The molecule has 0 atom stereocenters. The highest BCUT2D eigenvalue weighted by Crippen LogP contribution is 2.27. The molecule has 0 N–H and O–H groups in total. The van der Waals surface area contributed by atoms with Crippen molar-refractivity contribution in [1.82, 2.24) is 5.16 Å². The molecule has 0 bridgehead atoms. The summed E-state index contributed by atoms with van der Waals surface area (Å²) in [7, 11) is 0. The number of fused-ring (bicyclic) bond motifs is 1. The van der Waals surface area contributed by atoms with Crippen LogP contribution in [0.5, 0.6) is 5.75 Å². The van der Waals surface area contributed by atoms with Crippen molar-refractivity contribution in [2.24, 2.45) is 0 Å². The topological polar surface area (TPSA) is 52.3 Å². The number of carbonyl (C=O) groups excluding carboxylic acids is 1. The Bertz CT molecular complexity index is 785. The van der Waals surface area contributed by atoms with Gasteiger partial charge in [0.15, 0.2) is 6.29 Å². The molecule has 0 aliphatic rings. The van der Waals surface area contributed by atoms with Gasteiger partial charge < -0.3 is 9.26 Å². The molecule has 4 heteroatoms. The smallest absolute Gasteiger partial charge is 0.154 e. The number of carbonyl (C=O) groups is 1. The van der Waals surface area contributed by atoms with E-state index in [4.69, 9.17) is 9.26 Å². The van der Waals surface area contributed by atoms with Crippen molar-refractivity contribution >= 4 is 17.1 Å². The van der Waals surface area contributed by atoms with Crippen LogP contribution in [0, 0.1) is 13.8 Å². The molecule has 0 amide bonds. The molecule has 0 saturated heterocycles. The van der Waals surface area contributed by atoms with E-state index in [2.05, 4.69) is 5.16 Å². The largest absolute Gasteiger partial charge is 0.488 e. The first-order chi connectivity index (χ1) is 10.2. The molecule has 2 aromatic carbocycles. The molecule has 0 aliphatic carbocycles. The van der Waals surface area contributed by atoms with Gasteiger partial charge in [0.2, 0.25) is 0 Å². The van der Waals surface area contributed by atoms with Crippen LogP contribution >= 0.6 is 0 Å². The van der Waals surface area contributed by atoms with Crippen LogP contribution in [0.1, 0.15) is 27.4 Å². The maximum Gasteiger partial charge on any atom is 0.154 e. The molecule has 0 radical (unpaired) electrons. The van der Waals surface area contributed by atoms with Crippen molar-refractivity contribution in [3.63, 3.8) is 0 Å². The Morgan fingerprint density at radius 1 is 1.19 bits per heavy atom. The molecule has 3 rings (SSSR count). The Kier molecular flexibility index (Phi) is 3.44. The Labute approximate surface area is 122 Å². The molecule has 21 heavy (non-hydrogen) atoms. The van der Waals surface area contributed by atoms with Crippen LogP contribution in [0.3, 0.4) is 0 Å². The van der Waals surface area contributed by atoms with Crippen molar-refractivity contribution in [2.75, 3.05) is 0 Å². The van der Waals surface area contributed by atoms with Crippen molar-refractivity contribution in [3.8, 4) is 5.75 Å². The standard InChI is InChI=1S/C17H15NO3/c1-11-16(12(2)21-18-11)10-20-17-8-7-13-5-3-4-6-14(13)15(17)9-19/h3-9H,10H2,1-2H3. The minimum Gasteiger partial charge on any atom is -0.488 e. The van der Waals surface area contributed by atoms with E-state index in [1.807, 2.05) is 50.2 Å². The third kappa shape index (κ3) is 2.40. The van der Waals surface area contributed by atoms with E-state index in [1.165, 1.54) is 0 Å². The Morgan fingerprint density at radius 2 is 2.00 bits per heavy atom. The van der Waals surface area contributed by atoms with E-state index in [0.29, 0.717) is 17.9 Å². The fraction of sp³-hybridized carbons (Fsp3) is 0.176. The number of aromatic nitrogens is 1. The molecule has 1 aromatic heterocycles. The highest BCUT2D eigenvalue weighted by molar-refractivity contribution is 6.00. The summed E-state index contributed by atoms with van der Waals surface area (Å²) in [4.78, 5) is 11.4. The fourth-order valence-corrected chi connectivity index (χ4v) is 2.38. The third-order valence-corrected chi connectivity index (χ3v) is 3.60. The lowest BCUT2D eigenvalue weighted by Gasteiger charge is -2.10. The quantitative estimate of drug-likeness (QED) is 0.682.